The number of anilines is 1. The van der Waals surface area contributed by atoms with Gasteiger partial charge in [0.05, 0.1) is 13.7 Å². The largest absolute Gasteiger partial charge is 0.468 e. The van der Waals surface area contributed by atoms with Crippen molar-refractivity contribution in [2.24, 2.45) is 0 Å². The van der Waals surface area contributed by atoms with E-state index >= 15 is 0 Å². The molecule has 0 bridgehead atoms. The van der Waals surface area contributed by atoms with Gasteiger partial charge >= 0.3 is 11.7 Å². The molecule has 1 aromatic heterocycles. The monoisotopic (exact) mass is 315 g/mol. The van der Waals surface area contributed by atoms with Crippen molar-refractivity contribution in [3.63, 3.8) is 0 Å². The first-order chi connectivity index (χ1) is 10.5. The van der Waals surface area contributed by atoms with E-state index in [-0.39, 0.29) is 12.4 Å². The molecule has 2 rings (SSSR count). The lowest BCUT2D eigenvalue weighted by atomic mass is 10.1. The highest BCUT2D eigenvalue weighted by atomic mass is 16.6. The van der Waals surface area contributed by atoms with E-state index in [4.69, 9.17) is 9.84 Å². The minimum absolute atomic E-state index is 0.151. The quantitative estimate of drug-likeness (QED) is 0.431. The molecule has 0 aliphatic carbocycles. The molecule has 2 heterocycles. The van der Waals surface area contributed by atoms with Crippen LogP contribution in [0.3, 0.4) is 0 Å². The zero-order valence-electron chi connectivity index (χ0n) is 11.7. The second kappa shape index (κ2) is 6.83. The molecule has 4 atom stereocenters. The first-order valence-corrected chi connectivity index (χ1v) is 6.50. The Balaban J connectivity index is 2.13. The van der Waals surface area contributed by atoms with E-state index in [1.807, 2.05) is 0 Å². The van der Waals surface area contributed by atoms with Gasteiger partial charge in [0.2, 0.25) is 0 Å². The summed E-state index contributed by atoms with van der Waals surface area (Å²) < 4.78 is 10.7. The number of ether oxygens (including phenoxy) is 2. The van der Waals surface area contributed by atoms with E-state index in [2.05, 4.69) is 15.0 Å². The summed E-state index contributed by atoms with van der Waals surface area (Å²) in [5.74, 6) is -0.368. The van der Waals surface area contributed by atoms with Crippen LogP contribution < -0.4 is 11.0 Å². The maximum atomic E-state index is 11.9. The number of carbonyl (C=O) groups is 1. The number of aromatic nitrogens is 2. The highest BCUT2D eigenvalue weighted by Crippen LogP contribution is 2.28. The Labute approximate surface area is 124 Å². The van der Waals surface area contributed by atoms with Crippen LogP contribution in [-0.2, 0) is 14.3 Å². The van der Waals surface area contributed by atoms with E-state index in [0.29, 0.717) is 0 Å². The lowest BCUT2D eigenvalue weighted by molar-refractivity contribution is -0.138. The number of methoxy groups -OCH3 is 1. The number of carbonyl (C=O) groups excluding carboxylic acids is 1. The Morgan fingerprint density at radius 2 is 2.23 bits per heavy atom. The van der Waals surface area contributed by atoms with E-state index < -0.39 is 42.8 Å². The summed E-state index contributed by atoms with van der Waals surface area (Å²) in [7, 11) is 1.23. The van der Waals surface area contributed by atoms with Gasteiger partial charge in [0, 0.05) is 6.20 Å². The highest BCUT2D eigenvalue weighted by Gasteiger charge is 2.43. The minimum Gasteiger partial charge on any atom is -0.468 e. The van der Waals surface area contributed by atoms with Crippen LogP contribution in [0.2, 0.25) is 0 Å². The number of rotatable bonds is 5. The van der Waals surface area contributed by atoms with Gasteiger partial charge in [-0.25, -0.2) is 4.79 Å². The van der Waals surface area contributed by atoms with Crippen LogP contribution in [0.25, 0.3) is 0 Å². The van der Waals surface area contributed by atoms with Gasteiger partial charge in [-0.15, -0.1) is 0 Å². The summed E-state index contributed by atoms with van der Waals surface area (Å²) in [5, 5.41) is 31.2. The fourth-order valence-electron chi connectivity index (χ4n) is 2.05. The van der Waals surface area contributed by atoms with Crippen LogP contribution in [0.5, 0.6) is 0 Å². The Morgan fingerprint density at radius 1 is 1.50 bits per heavy atom. The van der Waals surface area contributed by atoms with Crippen LogP contribution in [0, 0.1) is 0 Å². The molecule has 1 aliphatic rings. The van der Waals surface area contributed by atoms with Crippen LogP contribution >= 0.6 is 0 Å². The van der Waals surface area contributed by atoms with Gasteiger partial charge in [-0.3, -0.25) is 9.36 Å². The second-order valence-corrected chi connectivity index (χ2v) is 4.66. The lowest BCUT2D eigenvalue weighted by Crippen LogP contribution is -2.36. The predicted octanol–water partition coefficient (Wildman–Crippen LogP) is -2.56. The average molecular weight is 315 g/mol. The number of hydrogen-bond donors (Lipinski definition) is 4. The van der Waals surface area contributed by atoms with Crippen LogP contribution in [-0.4, -0.2) is 69.4 Å². The molecule has 0 spiro atoms. The van der Waals surface area contributed by atoms with Crippen molar-refractivity contribution in [1.82, 2.24) is 9.55 Å². The number of nitrogens with zero attached hydrogens (tertiary/aromatic N) is 2. The van der Waals surface area contributed by atoms with Crippen molar-refractivity contribution >= 4 is 11.8 Å². The number of nitrogens with one attached hydrogen (secondary N) is 1. The van der Waals surface area contributed by atoms with Gasteiger partial charge in [0.25, 0.3) is 0 Å². The van der Waals surface area contributed by atoms with Crippen LogP contribution in [0.4, 0.5) is 5.82 Å². The summed E-state index contributed by atoms with van der Waals surface area (Å²) in [5.41, 5.74) is -0.746. The highest BCUT2D eigenvalue weighted by molar-refractivity contribution is 5.74. The van der Waals surface area contributed by atoms with Crippen molar-refractivity contribution in [1.29, 1.82) is 0 Å². The number of esters is 1. The van der Waals surface area contributed by atoms with Gasteiger partial charge in [-0.1, -0.05) is 0 Å². The smallest absolute Gasteiger partial charge is 0.351 e. The molecule has 0 saturated carbocycles. The van der Waals surface area contributed by atoms with E-state index in [9.17, 15) is 19.8 Å². The van der Waals surface area contributed by atoms with Gasteiger partial charge in [0.1, 0.15) is 30.7 Å². The molecular formula is C12H17N3O7. The molecule has 0 unspecified atom stereocenters. The molecule has 22 heavy (non-hydrogen) atoms. The van der Waals surface area contributed by atoms with E-state index in [1.54, 1.807) is 0 Å². The Morgan fingerprint density at radius 3 is 2.77 bits per heavy atom. The SMILES string of the molecule is COC(=O)CNc1ccn([C@@H]2O[C@@H](CO)[C@@H](O)[C@H]2O)c(=O)n1. The molecule has 1 fully saturated rings. The Hall–Kier alpha value is -2.01. The maximum absolute atomic E-state index is 11.9. The van der Waals surface area contributed by atoms with Crippen molar-refractivity contribution in [3.05, 3.63) is 22.7 Å². The molecule has 0 aromatic carbocycles. The lowest BCUT2D eigenvalue weighted by Gasteiger charge is -2.17. The van der Waals surface area contributed by atoms with Crippen molar-refractivity contribution in [2.75, 3.05) is 25.6 Å². The zero-order chi connectivity index (χ0) is 16.3. The maximum Gasteiger partial charge on any atom is 0.351 e. The average Bonchev–Trinajstić information content (AvgIpc) is 2.80. The molecule has 4 N–H and O–H groups in total. The molecule has 10 nitrogen and oxygen atoms in total. The predicted molar refractivity (Wildman–Crippen MR) is 72.0 cm³/mol. The summed E-state index contributed by atoms with van der Waals surface area (Å²) in [4.78, 5) is 26.6. The first-order valence-electron chi connectivity index (χ1n) is 6.50. The fraction of sp³-hybridized carbons (Fsp3) is 0.583. The van der Waals surface area contributed by atoms with Crippen LogP contribution in [0.15, 0.2) is 17.1 Å². The zero-order valence-corrected chi connectivity index (χ0v) is 11.7. The van der Waals surface area contributed by atoms with Gasteiger partial charge < -0.3 is 30.1 Å². The molecule has 1 aliphatic heterocycles. The molecule has 10 heteroatoms. The molecule has 1 aromatic rings. The summed E-state index contributed by atoms with van der Waals surface area (Å²) in [6.07, 6.45) is -3.51. The normalized spacial score (nSPS) is 27.6. The third kappa shape index (κ3) is 3.25. The van der Waals surface area contributed by atoms with Gasteiger partial charge in [-0.2, -0.15) is 4.98 Å². The van der Waals surface area contributed by atoms with E-state index in [1.165, 1.54) is 19.4 Å². The molecular weight excluding hydrogens is 298 g/mol. The third-order valence-corrected chi connectivity index (χ3v) is 3.26. The minimum atomic E-state index is -1.37. The van der Waals surface area contributed by atoms with E-state index in [0.717, 1.165) is 4.57 Å². The van der Waals surface area contributed by atoms with Crippen molar-refractivity contribution in [3.8, 4) is 0 Å². The Bertz CT molecular complexity index is 590. The van der Waals surface area contributed by atoms with Gasteiger partial charge in [0.15, 0.2) is 6.23 Å². The van der Waals surface area contributed by atoms with Gasteiger partial charge in [-0.05, 0) is 6.07 Å². The van der Waals surface area contributed by atoms with Crippen molar-refractivity contribution in [2.45, 2.75) is 24.5 Å². The number of hydrogen-bond acceptors (Lipinski definition) is 9. The molecule has 0 amide bonds. The topological polar surface area (TPSA) is 143 Å². The molecule has 1 saturated heterocycles. The summed E-state index contributed by atoms with van der Waals surface area (Å²) in [6.45, 7) is -0.642. The first kappa shape index (κ1) is 16.4. The second-order valence-electron chi connectivity index (χ2n) is 4.66. The summed E-state index contributed by atoms with van der Waals surface area (Å²) >= 11 is 0. The number of aliphatic hydroxyl groups excluding tert-OH is 3. The molecule has 122 valence electrons. The molecule has 0 radical (unpaired) electrons. The van der Waals surface area contributed by atoms with Crippen LogP contribution in [0.1, 0.15) is 6.23 Å². The summed E-state index contributed by atoms with van der Waals surface area (Å²) in [6, 6.07) is 1.40. The fourth-order valence-corrected chi connectivity index (χ4v) is 2.05. The standard InChI is InChI=1S/C12H17N3O7/c1-21-8(17)4-13-7-2-3-15(12(20)14-7)11-10(19)9(18)6(5-16)22-11/h2-3,6,9-11,16,18-19H,4-5H2,1H3,(H,13,14,20)/t6-,9+,10+,11+/m0/s1. The Kier molecular flexibility index (Phi) is 5.08. The number of aliphatic hydroxyl groups is 3. The third-order valence-electron chi connectivity index (χ3n) is 3.26. The van der Waals surface area contributed by atoms with Crippen molar-refractivity contribution < 1.29 is 29.6 Å².